The van der Waals surface area contributed by atoms with Crippen molar-refractivity contribution in [2.24, 2.45) is 0 Å². The summed E-state index contributed by atoms with van der Waals surface area (Å²) >= 11 is 3.43. The SMILES string of the molecule is BrC1CCCN1. The van der Waals surface area contributed by atoms with Gasteiger partial charge in [-0.2, -0.15) is 0 Å². The van der Waals surface area contributed by atoms with Gasteiger partial charge in [0, 0.05) is 0 Å². The monoisotopic (exact) mass is 149 g/mol. The Morgan fingerprint density at radius 1 is 1.67 bits per heavy atom. The number of halogens is 1. The molecule has 1 aliphatic heterocycles. The van der Waals surface area contributed by atoms with Gasteiger partial charge >= 0.3 is 0 Å². The summed E-state index contributed by atoms with van der Waals surface area (Å²) in [7, 11) is 0. The molecule has 1 heterocycles. The number of rotatable bonds is 0. The van der Waals surface area contributed by atoms with Crippen molar-refractivity contribution >= 4 is 15.9 Å². The fraction of sp³-hybridized carbons (Fsp3) is 1.00. The first-order chi connectivity index (χ1) is 2.89. The zero-order chi connectivity index (χ0) is 4.41. The molecule has 36 valence electrons. The van der Waals surface area contributed by atoms with Crippen LogP contribution in [0.25, 0.3) is 0 Å². The molecule has 1 unspecified atom stereocenters. The van der Waals surface area contributed by atoms with Gasteiger partial charge < -0.3 is 5.32 Å². The lowest BCUT2D eigenvalue weighted by atomic mass is 10.4. The van der Waals surface area contributed by atoms with Crippen LogP contribution in [-0.4, -0.2) is 11.5 Å². The largest absolute Gasteiger partial charge is 0.305 e. The summed E-state index contributed by atoms with van der Waals surface area (Å²) in [5.74, 6) is 0. The summed E-state index contributed by atoms with van der Waals surface area (Å²) in [5, 5.41) is 3.24. The van der Waals surface area contributed by atoms with Gasteiger partial charge in [-0.1, -0.05) is 15.9 Å². The van der Waals surface area contributed by atoms with E-state index >= 15 is 0 Å². The smallest absolute Gasteiger partial charge is 0.0631 e. The summed E-state index contributed by atoms with van der Waals surface area (Å²) in [6.45, 7) is 1.19. The maximum atomic E-state index is 3.43. The Morgan fingerprint density at radius 2 is 2.50 bits per heavy atom. The topological polar surface area (TPSA) is 12.0 Å². The molecule has 1 saturated heterocycles. The van der Waals surface area contributed by atoms with Crippen LogP contribution in [0.15, 0.2) is 0 Å². The maximum Gasteiger partial charge on any atom is 0.0631 e. The van der Waals surface area contributed by atoms with Crippen molar-refractivity contribution in [2.45, 2.75) is 17.8 Å². The molecule has 0 radical (unpaired) electrons. The predicted octanol–water partition coefficient (Wildman–Crippen LogP) is 1.09. The van der Waals surface area contributed by atoms with Crippen molar-refractivity contribution in [3.63, 3.8) is 0 Å². The quantitative estimate of drug-likeness (QED) is 0.402. The highest BCUT2D eigenvalue weighted by molar-refractivity contribution is 9.09. The molecule has 0 bridgehead atoms. The molecule has 1 fully saturated rings. The molecular formula is C4H8BrN. The Labute approximate surface area is 46.2 Å². The van der Waals surface area contributed by atoms with E-state index in [0.29, 0.717) is 4.95 Å². The number of hydrogen-bond acceptors (Lipinski definition) is 1. The van der Waals surface area contributed by atoms with Crippen LogP contribution in [0.4, 0.5) is 0 Å². The predicted molar refractivity (Wildman–Crippen MR) is 30.0 cm³/mol. The molecule has 1 rings (SSSR count). The minimum absolute atomic E-state index is 0.609. The van der Waals surface area contributed by atoms with Crippen molar-refractivity contribution in [1.82, 2.24) is 5.32 Å². The zero-order valence-corrected chi connectivity index (χ0v) is 5.16. The molecule has 1 N–H and O–H groups in total. The van der Waals surface area contributed by atoms with Crippen LogP contribution < -0.4 is 5.32 Å². The lowest BCUT2D eigenvalue weighted by Gasteiger charge is -1.92. The normalized spacial score (nSPS) is 34.5. The van der Waals surface area contributed by atoms with Crippen molar-refractivity contribution < 1.29 is 0 Å². The Morgan fingerprint density at radius 3 is 2.67 bits per heavy atom. The minimum atomic E-state index is 0.609. The van der Waals surface area contributed by atoms with Gasteiger partial charge in [0.2, 0.25) is 0 Å². The van der Waals surface area contributed by atoms with E-state index in [1.807, 2.05) is 0 Å². The molecule has 6 heavy (non-hydrogen) atoms. The summed E-state index contributed by atoms with van der Waals surface area (Å²) in [5.41, 5.74) is 0. The van der Waals surface area contributed by atoms with Crippen LogP contribution in [-0.2, 0) is 0 Å². The number of nitrogens with one attached hydrogen (secondary N) is 1. The van der Waals surface area contributed by atoms with Crippen LogP contribution in [0.3, 0.4) is 0 Å². The summed E-state index contributed by atoms with van der Waals surface area (Å²) in [4.78, 5) is 0.609. The molecule has 0 aromatic heterocycles. The summed E-state index contributed by atoms with van der Waals surface area (Å²) in [6.07, 6.45) is 2.62. The van der Waals surface area contributed by atoms with Gasteiger partial charge in [-0.3, -0.25) is 0 Å². The van der Waals surface area contributed by atoms with E-state index in [1.165, 1.54) is 19.4 Å². The Kier molecular flexibility index (Phi) is 1.48. The minimum Gasteiger partial charge on any atom is -0.305 e. The molecule has 1 atom stereocenters. The van der Waals surface area contributed by atoms with Gasteiger partial charge in [0.05, 0.1) is 4.95 Å². The molecule has 1 nitrogen and oxygen atoms in total. The molecule has 1 aliphatic rings. The van der Waals surface area contributed by atoms with E-state index in [1.54, 1.807) is 0 Å². The van der Waals surface area contributed by atoms with Gasteiger partial charge in [0.1, 0.15) is 0 Å². The Bertz CT molecular complexity index is 40.8. The van der Waals surface area contributed by atoms with Crippen molar-refractivity contribution in [3.8, 4) is 0 Å². The third-order valence-electron chi connectivity index (χ3n) is 1.00. The van der Waals surface area contributed by atoms with Crippen molar-refractivity contribution in [3.05, 3.63) is 0 Å². The third-order valence-corrected chi connectivity index (χ3v) is 1.78. The first kappa shape index (κ1) is 4.60. The van der Waals surface area contributed by atoms with Crippen LogP contribution in [0.2, 0.25) is 0 Å². The Balaban J connectivity index is 2.18. The van der Waals surface area contributed by atoms with E-state index in [9.17, 15) is 0 Å². The average molecular weight is 150 g/mol. The molecule has 0 aromatic rings. The Hall–Kier alpha value is 0.440. The molecule has 0 spiro atoms. The number of hydrogen-bond donors (Lipinski definition) is 1. The van der Waals surface area contributed by atoms with Crippen LogP contribution >= 0.6 is 15.9 Å². The second-order valence-electron chi connectivity index (χ2n) is 1.56. The molecule has 0 saturated carbocycles. The second kappa shape index (κ2) is 1.94. The van der Waals surface area contributed by atoms with Gasteiger partial charge in [-0.15, -0.1) is 0 Å². The lowest BCUT2D eigenvalue weighted by Crippen LogP contribution is -2.12. The highest BCUT2D eigenvalue weighted by Gasteiger charge is 2.07. The van der Waals surface area contributed by atoms with Crippen LogP contribution in [0, 0.1) is 0 Å². The van der Waals surface area contributed by atoms with Gasteiger partial charge in [0.15, 0.2) is 0 Å². The molecule has 2 heteroatoms. The molecule has 0 aliphatic carbocycles. The van der Waals surface area contributed by atoms with Crippen LogP contribution in [0.5, 0.6) is 0 Å². The van der Waals surface area contributed by atoms with Gasteiger partial charge in [0.25, 0.3) is 0 Å². The first-order valence-corrected chi connectivity index (χ1v) is 3.18. The van der Waals surface area contributed by atoms with E-state index in [2.05, 4.69) is 21.2 Å². The van der Waals surface area contributed by atoms with E-state index in [4.69, 9.17) is 0 Å². The summed E-state index contributed by atoms with van der Waals surface area (Å²) < 4.78 is 0. The standard InChI is InChI=1S/C4H8BrN/c5-4-2-1-3-6-4/h4,6H,1-3H2. The van der Waals surface area contributed by atoms with E-state index in [-0.39, 0.29) is 0 Å². The fourth-order valence-electron chi connectivity index (χ4n) is 0.642. The van der Waals surface area contributed by atoms with Gasteiger partial charge in [-0.25, -0.2) is 0 Å². The second-order valence-corrected chi connectivity index (χ2v) is 2.67. The fourth-order valence-corrected chi connectivity index (χ4v) is 1.19. The number of alkyl halides is 1. The maximum absolute atomic E-state index is 3.43. The van der Waals surface area contributed by atoms with Crippen molar-refractivity contribution in [2.75, 3.05) is 6.54 Å². The lowest BCUT2D eigenvalue weighted by molar-refractivity contribution is 0.819. The van der Waals surface area contributed by atoms with Crippen molar-refractivity contribution in [1.29, 1.82) is 0 Å². The molecular weight excluding hydrogens is 142 g/mol. The third kappa shape index (κ3) is 0.949. The highest BCUT2D eigenvalue weighted by atomic mass is 79.9. The van der Waals surface area contributed by atoms with Crippen LogP contribution in [0.1, 0.15) is 12.8 Å². The first-order valence-electron chi connectivity index (χ1n) is 2.27. The van der Waals surface area contributed by atoms with E-state index in [0.717, 1.165) is 0 Å². The van der Waals surface area contributed by atoms with Gasteiger partial charge in [-0.05, 0) is 19.4 Å². The summed E-state index contributed by atoms with van der Waals surface area (Å²) in [6, 6.07) is 0. The highest BCUT2D eigenvalue weighted by Crippen LogP contribution is 2.09. The molecule has 0 aromatic carbocycles. The van der Waals surface area contributed by atoms with E-state index < -0.39 is 0 Å². The zero-order valence-electron chi connectivity index (χ0n) is 3.58. The average Bonchev–Trinajstić information content (AvgIpc) is 1.86. The molecule has 0 amide bonds.